The van der Waals surface area contributed by atoms with Crippen molar-refractivity contribution in [2.45, 2.75) is 58.5 Å². The number of hydrogen-bond donors (Lipinski definition) is 0. The van der Waals surface area contributed by atoms with Crippen molar-refractivity contribution < 1.29 is 0 Å². The summed E-state index contributed by atoms with van der Waals surface area (Å²) in [5, 5.41) is 5.10. The quantitative estimate of drug-likeness (QED) is 0.178. The molecular formula is C54H46N2. The fourth-order valence-corrected chi connectivity index (χ4v) is 10.3. The van der Waals surface area contributed by atoms with Gasteiger partial charge in [-0.2, -0.15) is 0 Å². The van der Waals surface area contributed by atoms with Crippen LogP contribution in [-0.4, -0.2) is 17.0 Å². The molecule has 2 aliphatic carbocycles. The first-order chi connectivity index (χ1) is 27.2. The lowest BCUT2D eigenvalue weighted by Crippen LogP contribution is -2.44. The predicted octanol–water partition coefficient (Wildman–Crippen LogP) is 14.2. The van der Waals surface area contributed by atoms with Crippen LogP contribution in [0.4, 0.5) is 17.1 Å². The summed E-state index contributed by atoms with van der Waals surface area (Å²) in [4.78, 5) is 5.19. The largest absolute Gasteiger partial charge is 0.310 e. The molecule has 2 heteroatoms. The van der Waals surface area contributed by atoms with Gasteiger partial charge in [-0.15, -0.1) is 0 Å². The van der Waals surface area contributed by atoms with Crippen molar-refractivity contribution in [3.8, 4) is 44.5 Å². The normalized spacial score (nSPS) is 15.1. The Bertz CT molecular complexity index is 2890. The standard InChI is InChI=1S/C54H46N2/c1-53(2,3)55-29-28-39-36(33-55)16-12-20-40(39)47-31-38(32-49-52(47)45-19-10-11-23-48(45)54(49,4)5)56(37-25-24-34-14-6-7-15-35(34)30-37)50-27-26-44-42-18-9-8-17-41(42)43-21-13-22-46(50)51(43)44/h6-27,30-32H,28-29,33H2,1-5H3. The zero-order chi connectivity index (χ0) is 37.9. The van der Waals surface area contributed by atoms with Crippen molar-refractivity contribution >= 4 is 38.6 Å². The van der Waals surface area contributed by atoms with E-state index >= 15 is 0 Å². The van der Waals surface area contributed by atoms with Crippen LogP contribution in [0.15, 0.2) is 152 Å². The van der Waals surface area contributed by atoms with Gasteiger partial charge in [-0.3, -0.25) is 4.90 Å². The van der Waals surface area contributed by atoms with Crippen molar-refractivity contribution in [1.29, 1.82) is 0 Å². The Kier molecular flexibility index (Phi) is 7.16. The molecule has 0 atom stereocenters. The number of anilines is 3. The van der Waals surface area contributed by atoms with Gasteiger partial charge in [0.1, 0.15) is 0 Å². The maximum Gasteiger partial charge on any atom is 0.0540 e. The van der Waals surface area contributed by atoms with E-state index in [2.05, 4.69) is 196 Å². The van der Waals surface area contributed by atoms with E-state index in [-0.39, 0.29) is 11.0 Å². The average molecular weight is 723 g/mol. The molecule has 0 bridgehead atoms. The summed E-state index contributed by atoms with van der Waals surface area (Å²) in [5.41, 5.74) is 20.0. The molecule has 0 amide bonds. The van der Waals surface area contributed by atoms with E-state index in [4.69, 9.17) is 0 Å². The van der Waals surface area contributed by atoms with E-state index in [0.717, 1.165) is 25.2 Å². The monoisotopic (exact) mass is 722 g/mol. The third kappa shape index (κ3) is 4.85. The summed E-state index contributed by atoms with van der Waals surface area (Å²) in [5.74, 6) is 0. The van der Waals surface area contributed by atoms with Crippen LogP contribution >= 0.6 is 0 Å². The van der Waals surface area contributed by atoms with Gasteiger partial charge in [0, 0.05) is 40.8 Å². The average Bonchev–Trinajstić information content (AvgIpc) is 3.67. The second-order valence-corrected chi connectivity index (χ2v) is 17.6. The highest BCUT2D eigenvalue weighted by atomic mass is 15.2. The molecule has 2 nitrogen and oxygen atoms in total. The molecule has 0 aromatic heterocycles. The van der Waals surface area contributed by atoms with E-state index in [1.165, 1.54) is 99.7 Å². The minimum absolute atomic E-state index is 0.124. The highest BCUT2D eigenvalue weighted by Gasteiger charge is 2.39. The Labute approximate surface area is 330 Å². The highest BCUT2D eigenvalue weighted by Crippen LogP contribution is 2.56. The minimum Gasteiger partial charge on any atom is -0.310 e. The smallest absolute Gasteiger partial charge is 0.0540 e. The molecule has 0 fully saturated rings. The third-order valence-electron chi connectivity index (χ3n) is 13.2. The number of benzene rings is 8. The molecule has 0 unspecified atom stereocenters. The maximum absolute atomic E-state index is 2.63. The number of rotatable bonds is 4. The summed E-state index contributed by atoms with van der Waals surface area (Å²) in [6.45, 7) is 13.9. The van der Waals surface area contributed by atoms with E-state index in [0.29, 0.717) is 0 Å². The maximum atomic E-state index is 2.63. The van der Waals surface area contributed by atoms with Gasteiger partial charge in [0.15, 0.2) is 0 Å². The van der Waals surface area contributed by atoms with E-state index in [9.17, 15) is 0 Å². The zero-order valence-corrected chi connectivity index (χ0v) is 32.9. The molecule has 56 heavy (non-hydrogen) atoms. The molecule has 8 aromatic carbocycles. The van der Waals surface area contributed by atoms with Crippen LogP contribution in [0.25, 0.3) is 66.1 Å². The van der Waals surface area contributed by atoms with Crippen LogP contribution in [0.1, 0.15) is 56.9 Å². The van der Waals surface area contributed by atoms with Gasteiger partial charge in [0.2, 0.25) is 0 Å². The first-order valence-electron chi connectivity index (χ1n) is 20.3. The van der Waals surface area contributed by atoms with Crippen LogP contribution in [0.3, 0.4) is 0 Å². The third-order valence-corrected chi connectivity index (χ3v) is 13.2. The summed E-state index contributed by atoms with van der Waals surface area (Å²) in [6, 6.07) is 57.5. The summed E-state index contributed by atoms with van der Waals surface area (Å²) in [6.07, 6.45) is 1.04. The lowest BCUT2D eigenvalue weighted by Gasteiger charge is -2.40. The van der Waals surface area contributed by atoms with Gasteiger partial charge in [-0.1, -0.05) is 135 Å². The molecule has 1 aliphatic heterocycles. The van der Waals surface area contributed by atoms with Crippen LogP contribution in [0.5, 0.6) is 0 Å². The topological polar surface area (TPSA) is 6.48 Å². The van der Waals surface area contributed by atoms with Gasteiger partial charge in [0.25, 0.3) is 0 Å². The fourth-order valence-electron chi connectivity index (χ4n) is 10.3. The fraction of sp³-hybridized carbons (Fsp3) is 0.185. The Morgan fingerprint density at radius 1 is 0.536 bits per heavy atom. The molecule has 272 valence electrons. The van der Waals surface area contributed by atoms with Crippen molar-refractivity contribution in [3.63, 3.8) is 0 Å². The molecule has 11 rings (SSSR count). The molecule has 8 aromatic rings. The number of hydrogen-bond acceptors (Lipinski definition) is 2. The molecule has 0 spiro atoms. The van der Waals surface area contributed by atoms with Gasteiger partial charge in [-0.25, -0.2) is 0 Å². The number of fused-ring (bicyclic) bond motifs is 8. The second kappa shape index (κ2) is 12.0. The molecule has 1 heterocycles. The second-order valence-electron chi connectivity index (χ2n) is 17.6. The highest BCUT2D eigenvalue weighted by molar-refractivity contribution is 6.19. The number of nitrogens with zero attached hydrogens (tertiary/aromatic N) is 2. The Hall–Kier alpha value is -5.96. The van der Waals surface area contributed by atoms with Crippen molar-refractivity contribution in [3.05, 3.63) is 174 Å². The molecule has 3 aliphatic rings. The van der Waals surface area contributed by atoms with Crippen molar-refractivity contribution in [2.24, 2.45) is 0 Å². The first kappa shape index (κ1) is 33.4. The van der Waals surface area contributed by atoms with E-state index in [1.807, 2.05) is 0 Å². The van der Waals surface area contributed by atoms with Gasteiger partial charge >= 0.3 is 0 Å². The van der Waals surface area contributed by atoms with E-state index in [1.54, 1.807) is 0 Å². The SMILES string of the molecule is CC1(C)c2ccccc2-c2c(-c3cccc4c3CCN(C(C)(C)C)C4)cc(N(c3ccc4ccccc4c3)c3ccc4c5c(cccc35)-c3ccccc3-4)cc21. The lowest BCUT2D eigenvalue weighted by atomic mass is 9.80. The molecule has 0 saturated carbocycles. The Balaban J connectivity index is 1.21. The van der Waals surface area contributed by atoms with Gasteiger partial charge in [0.05, 0.1) is 5.69 Å². The lowest BCUT2D eigenvalue weighted by molar-refractivity contribution is 0.121. The summed E-state index contributed by atoms with van der Waals surface area (Å²) < 4.78 is 0. The van der Waals surface area contributed by atoms with Crippen molar-refractivity contribution in [2.75, 3.05) is 11.4 Å². The van der Waals surface area contributed by atoms with Crippen LogP contribution in [0.2, 0.25) is 0 Å². The van der Waals surface area contributed by atoms with Crippen LogP contribution in [0, 0.1) is 0 Å². The van der Waals surface area contributed by atoms with Crippen LogP contribution in [-0.2, 0) is 18.4 Å². The first-order valence-corrected chi connectivity index (χ1v) is 20.3. The Morgan fingerprint density at radius 3 is 2.02 bits per heavy atom. The van der Waals surface area contributed by atoms with Crippen LogP contribution < -0.4 is 4.90 Å². The minimum atomic E-state index is -0.173. The summed E-state index contributed by atoms with van der Waals surface area (Å²) in [7, 11) is 0. The van der Waals surface area contributed by atoms with Gasteiger partial charge in [-0.05, 0) is 140 Å². The zero-order valence-electron chi connectivity index (χ0n) is 32.9. The van der Waals surface area contributed by atoms with Gasteiger partial charge < -0.3 is 4.90 Å². The predicted molar refractivity (Wildman–Crippen MR) is 237 cm³/mol. The van der Waals surface area contributed by atoms with Crippen molar-refractivity contribution in [1.82, 2.24) is 4.90 Å². The molecule has 0 N–H and O–H groups in total. The molecule has 0 radical (unpaired) electrons. The summed E-state index contributed by atoms with van der Waals surface area (Å²) >= 11 is 0. The molecular weight excluding hydrogens is 677 g/mol. The van der Waals surface area contributed by atoms with E-state index < -0.39 is 0 Å². The molecule has 0 saturated heterocycles. The Morgan fingerprint density at radius 2 is 1.21 bits per heavy atom.